The van der Waals surface area contributed by atoms with Crippen LogP contribution in [-0.2, 0) is 16.1 Å². The summed E-state index contributed by atoms with van der Waals surface area (Å²) in [5.74, 6) is -1.02. The Morgan fingerprint density at radius 3 is 2.82 bits per heavy atom. The summed E-state index contributed by atoms with van der Waals surface area (Å²) in [5, 5.41) is 11.2. The van der Waals surface area contributed by atoms with Crippen LogP contribution in [0.4, 0.5) is 4.79 Å². The van der Waals surface area contributed by atoms with Crippen LogP contribution >= 0.6 is 0 Å². The number of amides is 1. The second-order valence-electron chi connectivity index (χ2n) is 4.81. The molecule has 0 spiro atoms. The molecule has 0 aliphatic rings. The van der Waals surface area contributed by atoms with Crippen molar-refractivity contribution in [1.82, 2.24) is 5.32 Å². The zero-order valence-corrected chi connectivity index (χ0v) is 12.2. The van der Waals surface area contributed by atoms with Crippen LogP contribution in [0.3, 0.4) is 0 Å². The van der Waals surface area contributed by atoms with E-state index in [9.17, 15) is 14.4 Å². The molecule has 4 N–H and O–H groups in total. The van der Waals surface area contributed by atoms with Crippen LogP contribution in [0.15, 0.2) is 24.3 Å². The van der Waals surface area contributed by atoms with Gasteiger partial charge < -0.3 is 20.9 Å². The number of nitrogens with one attached hydrogen (secondary N) is 1. The predicted octanol–water partition coefficient (Wildman–Crippen LogP) is 1.31. The standard InChI is InChI=1S/C15H20N2O5/c16-13(14(19)20)6-1-2-7-17-15(21)22-10-12-5-3-4-11(8-12)9-18/h3-5,8-9,13H,1-2,6-7,10,16H2,(H,17,21)(H,19,20)/t13-/m0/s1. The maximum Gasteiger partial charge on any atom is 0.407 e. The highest BCUT2D eigenvalue weighted by Gasteiger charge is 2.10. The largest absolute Gasteiger partial charge is 0.480 e. The van der Waals surface area contributed by atoms with Crippen LogP contribution in [0.25, 0.3) is 0 Å². The number of hydrogen-bond donors (Lipinski definition) is 3. The summed E-state index contributed by atoms with van der Waals surface area (Å²) in [6.45, 7) is 0.469. The molecule has 0 heterocycles. The van der Waals surface area contributed by atoms with Gasteiger partial charge in [-0.1, -0.05) is 18.2 Å². The number of aliphatic carboxylic acids is 1. The van der Waals surface area contributed by atoms with E-state index >= 15 is 0 Å². The van der Waals surface area contributed by atoms with Crippen molar-refractivity contribution in [1.29, 1.82) is 0 Å². The van der Waals surface area contributed by atoms with Crippen molar-refractivity contribution in [2.45, 2.75) is 31.9 Å². The smallest absolute Gasteiger partial charge is 0.407 e. The van der Waals surface area contributed by atoms with E-state index in [2.05, 4.69) is 5.32 Å². The first-order valence-corrected chi connectivity index (χ1v) is 6.96. The van der Waals surface area contributed by atoms with Crippen LogP contribution in [0.1, 0.15) is 35.2 Å². The molecule has 7 heteroatoms. The minimum Gasteiger partial charge on any atom is -0.480 e. The summed E-state index contributed by atoms with van der Waals surface area (Å²) in [7, 11) is 0. The third-order valence-electron chi connectivity index (χ3n) is 2.99. The lowest BCUT2D eigenvalue weighted by molar-refractivity contribution is -0.138. The van der Waals surface area contributed by atoms with E-state index in [1.54, 1.807) is 24.3 Å². The molecule has 0 saturated heterocycles. The number of nitrogens with two attached hydrogens (primary N) is 1. The fourth-order valence-electron chi connectivity index (χ4n) is 1.76. The Kier molecular flexibility index (Phi) is 7.63. The topological polar surface area (TPSA) is 119 Å². The first-order chi connectivity index (χ1) is 10.5. The number of carbonyl (C=O) groups is 3. The Labute approximate surface area is 128 Å². The van der Waals surface area contributed by atoms with Gasteiger partial charge in [-0.05, 0) is 30.9 Å². The number of unbranched alkanes of at least 4 members (excludes halogenated alkanes) is 1. The number of carboxylic acid groups (broad SMARTS) is 1. The van der Waals surface area contributed by atoms with Gasteiger partial charge in [-0.2, -0.15) is 0 Å². The summed E-state index contributed by atoms with van der Waals surface area (Å²) < 4.78 is 5.01. The van der Waals surface area contributed by atoms with Gasteiger partial charge in [-0.15, -0.1) is 0 Å². The van der Waals surface area contributed by atoms with E-state index < -0.39 is 18.1 Å². The summed E-state index contributed by atoms with van der Waals surface area (Å²) in [6.07, 6.45) is 1.76. The molecule has 0 bridgehead atoms. The zero-order valence-electron chi connectivity index (χ0n) is 12.2. The number of aldehydes is 1. The Balaban J connectivity index is 2.16. The fraction of sp³-hybridized carbons (Fsp3) is 0.400. The van der Waals surface area contributed by atoms with Crippen LogP contribution in [0.2, 0.25) is 0 Å². The van der Waals surface area contributed by atoms with E-state index in [0.717, 1.165) is 11.8 Å². The molecule has 0 aliphatic carbocycles. The quantitative estimate of drug-likeness (QED) is 0.467. The number of ether oxygens (including phenoxy) is 1. The van der Waals surface area contributed by atoms with Gasteiger partial charge in [0.25, 0.3) is 0 Å². The van der Waals surface area contributed by atoms with Gasteiger partial charge >= 0.3 is 12.1 Å². The van der Waals surface area contributed by atoms with Crippen molar-refractivity contribution in [3.8, 4) is 0 Å². The van der Waals surface area contributed by atoms with Crippen molar-refractivity contribution in [3.05, 3.63) is 35.4 Å². The first kappa shape index (κ1) is 17.6. The average molecular weight is 308 g/mol. The molecular formula is C15H20N2O5. The highest BCUT2D eigenvalue weighted by Crippen LogP contribution is 2.05. The molecule has 120 valence electrons. The lowest BCUT2D eigenvalue weighted by Crippen LogP contribution is -2.30. The molecule has 1 atom stereocenters. The number of rotatable bonds is 9. The summed E-state index contributed by atoms with van der Waals surface area (Å²) in [6, 6.07) is 5.92. The van der Waals surface area contributed by atoms with E-state index in [1.165, 1.54) is 0 Å². The Morgan fingerprint density at radius 1 is 1.36 bits per heavy atom. The van der Waals surface area contributed by atoms with Crippen LogP contribution < -0.4 is 11.1 Å². The van der Waals surface area contributed by atoms with Gasteiger partial charge in [0.15, 0.2) is 0 Å². The van der Waals surface area contributed by atoms with Crippen molar-refractivity contribution in [2.24, 2.45) is 5.73 Å². The second-order valence-corrected chi connectivity index (χ2v) is 4.81. The van der Waals surface area contributed by atoms with Gasteiger partial charge in [0.05, 0.1) is 0 Å². The van der Waals surface area contributed by atoms with Crippen molar-refractivity contribution >= 4 is 18.3 Å². The highest BCUT2D eigenvalue weighted by atomic mass is 16.5. The monoisotopic (exact) mass is 308 g/mol. The lowest BCUT2D eigenvalue weighted by atomic mass is 10.1. The molecule has 1 amide bonds. The van der Waals surface area contributed by atoms with Crippen LogP contribution in [0.5, 0.6) is 0 Å². The maximum atomic E-state index is 11.5. The van der Waals surface area contributed by atoms with Crippen molar-refractivity contribution < 1.29 is 24.2 Å². The number of hydrogen-bond acceptors (Lipinski definition) is 5. The van der Waals surface area contributed by atoms with E-state index in [1.807, 2.05) is 0 Å². The molecule has 1 aromatic carbocycles. The molecule has 0 radical (unpaired) electrons. The summed E-state index contributed by atoms with van der Waals surface area (Å²) in [4.78, 5) is 32.6. The van der Waals surface area contributed by atoms with Gasteiger partial charge in [0.2, 0.25) is 0 Å². The molecule has 0 unspecified atom stereocenters. The number of carbonyl (C=O) groups excluding carboxylic acids is 2. The third kappa shape index (κ3) is 6.85. The van der Waals surface area contributed by atoms with Gasteiger partial charge in [-0.3, -0.25) is 9.59 Å². The summed E-state index contributed by atoms with van der Waals surface area (Å²) >= 11 is 0. The summed E-state index contributed by atoms with van der Waals surface area (Å²) in [5.41, 5.74) is 6.61. The minimum atomic E-state index is -1.02. The van der Waals surface area contributed by atoms with Crippen LogP contribution in [0, 0.1) is 0 Å². The molecule has 0 aromatic heterocycles. The maximum absolute atomic E-state index is 11.5. The molecule has 1 rings (SSSR count). The fourth-order valence-corrected chi connectivity index (χ4v) is 1.76. The zero-order chi connectivity index (χ0) is 16.4. The number of carboxylic acids is 1. The first-order valence-electron chi connectivity index (χ1n) is 6.96. The molecule has 7 nitrogen and oxygen atoms in total. The molecule has 1 aromatic rings. The molecule has 0 fully saturated rings. The Bertz CT molecular complexity index is 518. The molecular weight excluding hydrogens is 288 g/mol. The second kappa shape index (κ2) is 9.51. The molecule has 0 saturated carbocycles. The van der Waals surface area contributed by atoms with Crippen molar-refractivity contribution in [3.63, 3.8) is 0 Å². The van der Waals surface area contributed by atoms with E-state index in [4.69, 9.17) is 15.6 Å². The minimum absolute atomic E-state index is 0.0808. The SMILES string of the molecule is N[C@@H](CCCCNC(=O)OCc1cccc(C=O)c1)C(=O)O. The Hall–Kier alpha value is -2.41. The highest BCUT2D eigenvalue weighted by molar-refractivity contribution is 5.75. The normalized spacial score (nSPS) is 11.5. The molecule has 0 aliphatic heterocycles. The van der Waals surface area contributed by atoms with Gasteiger partial charge in [0, 0.05) is 12.1 Å². The van der Waals surface area contributed by atoms with Crippen molar-refractivity contribution in [2.75, 3.05) is 6.54 Å². The third-order valence-corrected chi connectivity index (χ3v) is 2.99. The average Bonchev–Trinajstić information content (AvgIpc) is 2.52. The van der Waals surface area contributed by atoms with Gasteiger partial charge in [0.1, 0.15) is 18.9 Å². The van der Waals surface area contributed by atoms with E-state index in [0.29, 0.717) is 31.4 Å². The number of alkyl carbamates (subject to hydrolysis) is 1. The number of benzene rings is 1. The van der Waals surface area contributed by atoms with Gasteiger partial charge in [-0.25, -0.2) is 4.79 Å². The van der Waals surface area contributed by atoms with E-state index in [-0.39, 0.29) is 6.61 Å². The predicted molar refractivity (Wildman–Crippen MR) is 79.5 cm³/mol. The Morgan fingerprint density at radius 2 is 2.14 bits per heavy atom. The molecule has 22 heavy (non-hydrogen) atoms. The lowest BCUT2D eigenvalue weighted by Gasteiger charge is -2.08. The van der Waals surface area contributed by atoms with Crippen LogP contribution in [-0.4, -0.2) is 36.0 Å².